The van der Waals surface area contributed by atoms with Crippen LogP contribution in [0.25, 0.3) is 11.3 Å². The van der Waals surface area contributed by atoms with Gasteiger partial charge in [0.05, 0.1) is 5.69 Å². The smallest absolute Gasteiger partial charge is 0.299 e. The number of rotatable bonds is 3. The van der Waals surface area contributed by atoms with Crippen molar-refractivity contribution in [2.45, 2.75) is 49.1 Å². The van der Waals surface area contributed by atoms with Crippen LogP contribution in [0.15, 0.2) is 23.6 Å². The second kappa shape index (κ2) is 7.03. The summed E-state index contributed by atoms with van der Waals surface area (Å²) in [5, 5.41) is 1.23. The number of carbonyl (C=O) groups excluding carboxylic acids is 1. The number of hydrogen-bond acceptors (Lipinski definition) is 3. The van der Waals surface area contributed by atoms with Crippen LogP contribution in [0.1, 0.15) is 11.1 Å². The lowest BCUT2D eigenvalue weighted by atomic mass is 9.71. The largest absolute Gasteiger partial charge is 0.384 e. The lowest BCUT2D eigenvalue weighted by molar-refractivity contribution is -0.475. The van der Waals surface area contributed by atoms with Crippen LogP contribution >= 0.6 is 11.3 Å². The van der Waals surface area contributed by atoms with Gasteiger partial charge >= 0.3 is 35.3 Å². The SMILES string of the molecule is Cc1ccc(-c2csc(NC(=O)C3(F)C(F)(F)C(F)(F)C(F)(F)C(F)(F)C3(F)F)n2)c(C)c1. The Bertz CT molecular complexity index is 1080. The molecule has 0 radical (unpaired) electrons. The summed E-state index contributed by atoms with van der Waals surface area (Å²) in [5.41, 5.74) is -4.95. The highest BCUT2D eigenvalue weighted by Crippen LogP contribution is 2.69. The van der Waals surface area contributed by atoms with E-state index in [9.17, 15) is 53.1 Å². The summed E-state index contributed by atoms with van der Waals surface area (Å²) in [6.07, 6.45) is 0. The van der Waals surface area contributed by atoms with E-state index in [1.54, 1.807) is 26.0 Å². The molecule has 1 N–H and O–H groups in total. The van der Waals surface area contributed by atoms with Gasteiger partial charge in [-0.15, -0.1) is 11.3 Å². The van der Waals surface area contributed by atoms with E-state index >= 15 is 0 Å². The van der Waals surface area contributed by atoms with Crippen LogP contribution in [0, 0.1) is 13.8 Å². The Hall–Kier alpha value is -2.45. The standard InChI is InChI=1S/C18H11F11N2OS/c1-7-3-4-9(8(2)5-7)10-6-33-12(30-10)31-11(32)13(19)14(20,21)16(24,25)18(28,29)17(26,27)15(13,22)23/h3-6H,1-2H3,(H,30,31,32). The number of nitrogens with zero attached hydrogens (tertiary/aromatic N) is 1. The fourth-order valence-electron chi connectivity index (χ4n) is 3.25. The highest BCUT2D eigenvalue weighted by atomic mass is 32.1. The number of aryl methyl sites for hydroxylation is 2. The molecule has 1 aromatic carbocycles. The van der Waals surface area contributed by atoms with Crippen molar-refractivity contribution in [2.24, 2.45) is 0 Å². The first-order chi connectivity index (χ1) is 14.8. The minimum Gasteiger partial charge on any atom is -0.299 e. The number of nitrogens with one attached hydrogen (secondary N) is 1. The molecule has 1 fully saturated rings. The zero-order chi connectivity index (χ0) is 25.4. The lowest BCUT2D eigenvalue weighted by Gasteiger charge is -2.51. The molecule has 3 nitrogen and oxygen atoms in total. The predicted molar refractivity (Wildman–Crippen MR) is 94.2 cm³/mol. The number of benzene rings is 1. The third kappa shape index (κ3) is 2.93. The first-order valence-corrected chi connectivity index (χ1v) is 9.58. The molecule has 33 heavy (non-hydrogen) atoms. The number of hydrogen-bond donors (Lipinski definition) is 1. The molecular weight excluding hydrogens is 501 g/mol. The zero-order valence-electron chi connectivity index (χ0n) is 16.2. The minimum absolute atomic E-state index is 0.00469. The van der Waals surface area contributed by atoms with Crippen LogP contribution in [0.4, 0.5) is 53.4 Å². The minimum atomic E-state index is -7.39. The van der Waals surface area contributed by atoms with Crippen molar-refractivity contribution in [2.75, 3.05) is 5.32 Å². The number of aromatic nitrogens is 1. The average Bonchev–Trinajstić information content (AvgIpc) is 3.13. The summed E-state index contributed by atoms with van der Waals surface area (Å²) in [4.78, 5) is 15.6. The molecule has 0 saturated heterocycles. The highest BCUT2D eigenvalue weighted by Gasteiger charge is 3.02. The Morgan fingerprint density at radius 3 is 1.79 bits per heavy atom. The van der Waals surface area contributed by atoms with Crippen molar-refractivity contribution in [3.63, 3.8) is 0 Å². The molecule has 1 saturated carbocycles. The van der Waals surface area contributed by atoms with Crippen molar-refractivity contribution < 1.29 is 53.1 Å². The van der Waals surface area contributed by atoms with Crippen molar-refractivity contribution >= 4 is 22.4 Å². The lowest BCUT2D eigenvalue weighted by Crippen LogP contribution is -2.86. The summed E-state index contributed by atoms with van der Waals surface area (Å²) in [6, 6.07) is 4.82. The van der Waals surface area contributed by atoms with E-state index in [4.69, 9.17) is 0 Å². The van der Waals surface area contributed by atoms with E-state index in [1.807, 2.05) is 0 Å². The van der Waals surface area contributed by atoms with E-state index in [1.165, 1.54) is 6.07 Å². The maximum Gasteiger partial charge on any atom is 0.384 e. The van der Waals surface area contributed by atoms with Crippen LogP contribution in [0.3, 0.4) is 0 Å². The number of anilines is 1. The Labute approximate surface area is 181 Å². The van der Waals surface area contributed by atoms with Crippen molar-refractivity contribution in [3.8, 4) is 11.3 Å². The third-order valence-corrected chi connectivity index (χ3v) is 5.90. The molecule has 0 aliphatic heterocycles. The molecule has 182 valence electrons. The van der Waals surface area contributed by atoms with Gasteiger partial charge in [-0.05, 0) is 19.4 Å². The molecule has 15 heteroatoms. The fraction of sp³-hybridized carbons (Fsp3) is 0.444. The zero-order valence-corrected chi connectivity index (χ0v) is 17.0. The quantitative estimate of drug-likeness (QED) is 0.494. The summed E-state index contributed by atoms with van der Waals surface area (Å²) in [7, 11) is 0. The Kier molecular flexibility index (Phi) is 5.36. The number of halogens is 11. The molecule has 1 heterocycles. The summed E-state index contributed by atoms with van der Waals surface area (Å²) < 4.78 is 151. The molecular formula is C18H11F11N2OS. The van der Waals surface area contributed by atoms with Gasteiger partial charge in [0.25, 0.3) is 5.91 Å². The summed E-state index contributed by atoms with van der Waals surface area (Å²) in [6.45, 7) is 3.35. The number of thiazole rings is 1. The average molecular weight is 512 g/mol. The number of alkyl halides is 11. The van der Waals surface area contributed by atoms with Gasteiger partial charge < -0.3 is 0 Å². The predicted octanol–water partition coefficient (Wildman–Crippen LogP) is 6.26. The van der Waals surface area contributed by atoms with E-state index < -0.39 is 46.3 Å². The highest BCUT2D eigenvalue weighted by molar-refractivity contribution is 7.14. The van der Waals surface area contributed by atoms with Gasteiger partial charge in [-0.2, -0.15) is 43.9 Å². The normalized spacial score (nSPS) is 23.7. The van der Waals surface area contributed by atoms with Crippen LogP contribution < -0.4 is 5.32 Å². The van der Waals surface area contributed by atoms with Gasteiger partial charge in [0.15, 0.2) is 5.13 Å². The fourth-order valence-corrected chi connectivity index (χ4v) is 3.95. The van der Waals surface area contributed by atoms with E-state index in [0.717, 1.165) is 16.3 Å². The molecule has 2 aromatic rings. The van der Waals surface area contributed by atoms with E-state index in [-0.39, 0.29) is 5.69 Å². The van der Waals surface area contributed by atoms with Crippen molar-refractivity contribution in [1.29, 1.82) is 0 Å². The van der Waals surface area contributed by atoms with E-state index in [0.29, 0.717) is 22.5 Å². The molecule has 0 spiro atoms. The molecule has 1 aliphatic carbocycles. The van der Waals surface area contributed by atoms with Crippen molar-refractivity contribution in [3.05, 3.63) is 34.7 Å². The molecule has 3 rings (SSSR count). The third-order valence-electron chi connectivity index (χ3n) is 5.14. The van der Waals surface area contributed by atoms with Crippen LogP contribution in [0.2, 0.25) is 0 Å². The molecule has 1 aromatic heterocycles. The van der Waals surface area contributed by atoms with Crippen LogP contribution in [-0.2, 0) is 4.79 Å². The monoisotopic (exact) mass is 512 g/mol. The van der Waals surface area contributed by atoms with Gasteiger partial charge in [-0.25, -0.2) is 9.37 Å². The first kappa shape index (κ1) is 25.2. The van der Waals surface area contributed by atoms with Gasteiger partial charge in [-0.1, -0.05) is 23.8 Å². The Morgan fingerprint density at radius 2 is 1.30 bits per heavy atom. The molecule has 1 amide bonds. The van der Waals surface area contributed by atoms with E-state index in [2.05, 4.69) is 4.98 Å². The maximum absolute atomic E-state index is 14.8. The molecule has 0 bridgehead atoms. The van der Waals surface area contributed by atoms with Crippen molar-refractivity contribution in [1.82, 2.24) is 4.98 Å². The van der Waals surface area contributed by atoms with Crippen LogP contribution in [-0.4, -0.2) is 46.2 Å². The number of amides is 1. The number of carbonyl (C=O) groups is 1. The first-order valence-electron chi connectivity index (χ1n) is 8.70. The topological polar surface area (TPSA) is 42.0 Å². The van der Waals surface area contributed by atoms with Gasteiger partial charge in [0, 0.05) is 10.9 Å². The summed E-state index contributed by atoms with van der Waals surface area (Å²) >= 11 is 0.326. The Balaban J connectivity index is 2.05. The maximum atomic E-state index is 14.8. The van der Waals surface area contributed by atoms with Gasteiger partial charge in [0.1, 0.15) is 0 Å². The molecule has 0 atom stereocenters. The van der Waals surface area contributed by atoms with Gasteiger partial charge in [0.2, 0.25) is 0 Å². The molecule has 0 unspecified atom stereocenters. The summed E-state index contributed by atoms with van der Waals surface area (Å²) in [5.74, 6) is -40.0. The Morgan fingerprint density at radius 1 is 0.818 bits per heavy atom. The second-order valence-electron chi connectivity index (χ2n) is 7.34. The van der Waals surface area contributed by atoms with Gasteiger partial charge in [-0.3, -0.25) is 10.1 Å². The second-order valence-corrected chi connectivity index (χ2v) is 8.20. The van der Waals surface area contributed by atoms with Crippen LogP contribution in [0.5, 0.6) is 0 Å². The molecule has 1 aliphatic rings.